The number of aromatic nitrogens is 1. The van der Waals surface area contributed by atoms with E-state index in [9.17, 15) is 4.39 Å². The molecule has 0 saturated heterocycles. The second-order valence-electron chi connectivity index (χ2n) is 4.20. The van der Waals surface area contributed by atoms with Crippen LogP contribution in [0.15, 0.2) is 32.7 Å². The Morgan fingerprint density at radius 1 is 1.39 bits per heavy atom. The van der Waals surface area contributed by atoms with E-state index < -0.39 is 0 Å². The minimum Gasteiger partial charge on any atom is -0.436 e. The molecular formula is C13H15FN2OS. The zero-order valence-corrected chi connectivity index (χ0v) is 11.3. The number of aryl methyl sites for hydroxylation is 2. The van der Waals surface area contributed by atoms with Crippen molar-refractivity contribution < 1.29 is 8.81 Å². The molecule has 1 aromatic heterocycles. The molecule has 0 bridgehead atoms. The van der Waals surface area contributed by atoms with Gasteiger partial charge in [0.2, 0.25) is 0 Å². The zero-order chi connectivity index (χ0) is 13.3. The van der Waals surface area contributed by atoms with Gasteiger partial charge in [-0.2, -0.15) is 0 Å². The molecule has 0 spiro atoms. The number of halogens is 1. The van der Waals surface area contributed by atoms with Crippen molar-refractivity contribution in [3.05, 3.63) is 41.0 Å². The van der Waals surface area contributed by atoms with Crippen LogP contribution in [0.3, 0.4) is 0 Å². The average molecular weight is 266 g/mol. The number of hydrogen-bond acceptors (Lipinski definition) is 4. The molecular weight excluding hydrogens is 251 g/mol. The molecule has 0 aliphatic rings. The molecule has 0 fully saturated rings. The number of hydrogen-bond donors (Lipinski definition) is 1. The standard InChI is InChI=1S/C13H15FN2OS/c1-7(15)10-4-5-12(11(14)6-10)18-13-16-8(2)9(3)17-13/h4-7H,15H2,1-3H3/t7-/m0/s1. The van der Waals surface area contributed by atoms with E-state index in [-0.39, 0.29) is 11.9 Å². The van der Waals surface area contributed by atoms with Crippen LogP contribution in [0.25, 0.3) is 0 Å². The minimum atomic E-state index is -0.302. The summed E-state index contributed by atoms with van der Waals surface area (Å²) >= 11 is 1.18. The van der Waals surface area contributed by atoms with E-state index in [1.165, 1.54) is 17.8 Å². The van der Waals surface area contributed by atoms with E-state index in [4.69, 9.17) is 10.2 Å². The van der Waals surface area contributed by atoms with Crippen LogP contribution in [0.2, 0.25) is 0 Å². The SMILES string of the molecule is Cc1nc(Sc2ccc([C@H](C)N)cc2F)oc1C. The van der Waals surface area contributed by atoms with Crippen molar-refractivity contribution in [3.63, 3.8) is 0 Å². The Morgan fingerprint density at radius 2 is 2.11 bits per heavy atom. The van der Waals surface area contributed by atoms with Crippen LogP contribution >= 0.6 is 11.8 Å². The lowest BCUT2D eigenvalue weighted by Gasteiger charge is -2.07. The van der Waals surface area contributed by atoms with Gasteiger partial charge in [0.05, 0.1) is 10.6 Å². The molecule has 2 rings (SSSR count). The predicted octanol–water partition coefficient (Wildman–Crippen LogP) is 3.60. The molecule has 1 heterocycles. The van der Waals surface area contributed by atoms with Gasteiger partial charge in [-0.1, -0.05) is 6.07 Å². The molecule has 0 aliphatic carbocycles. The van der Waals surface area contributed by atoms with Crippen molar-refractivity contribution in [1.82, 2.24) is 4.98 Å². The van der Waals surface area contributed by atoms with Crippen molar-refractivity contribution in [1.29, 1.82) is 0 Å². The highest BCUT2D eigenvalue weighted by Gasteiger charge is 2.12. The van der Waals surface area contributed by atoms with Crippen LogP contribution in [-0.4, -0.2) is 4.98 Å². The number of oxazole rings is 1. The van der Waals surface area contributed by atoms with E-state index in [0.29, 0.717) is 10.1 Å². The first-order valence-corrected chi connectivity index (χ1v) is 6.46. The molecule has 5 heteroatoms. The fourth-order valence-electron chi connectivity index (χ4n) is 1.46. The summed E-state index contributed by atoms with van der Waals surface area (Å²) in [6.45, 7) is 5.52. The first kappa shape index (κ1) is 13.1. The average Bonchev–Trinajstić information content (AvgIpc) is 2.61. The maximum absolute atomic E-state index is 13.9. The summed E-state index contributed by atoms with van der Waals surface area (Å²) in [7, 11) is 0. The van der Waals surface area contributed by atoms with Crippen molar-refractivity contribution in [2.45, 2.75) is 36.9 Å². The Kier molecular flexibility index (Phi) is 3.73. The summed E-state index contributed by atoms with van der Waals surface area (Å²) in [4.78, 5) is 4.70. The first-order chi connectivity index (χ1) is 8.47. The highest BCUT2D eigenvalue weighted by Crippen LogP contribution is 2.31. The smallest absolute Gasteiger partial charge is 0.261 e. The summed E-state index contributed by atoms with van der Waals surface area (Å²) in [5.74, 6) is 0.452. The van der Waals surface area contributed by atoms with Crippen molar-refractivity contribution in [2.75, 3.05) is 0 Å². The van der Waals surface area contributed by atoms with Gasteiger partial charge in [0, 0.05) is 6.04 Å². The largest absolute Gasteiger partial charge is 0.436 e. The molecule has 1 atom stereocenters. The number of nitrogens with two attached hydrogens (primary N) is 1. The predicted molar refractivity (Wildman–Crippen MR) is 69.1 cm³/mol. The molecule has 2 N–H and O–H groups in total. The maximum atomic E-state index is 13.9. The van der Waals surface area contributed by atoms with E-state index in [1.807, 2.05) is 26.8 Å². The summed E-state index contributed by atoms with van der Waals surface area (Å²) in [5.41, 5.74) is 7.30. The van der Waals surface area contributed by atoms with Crippen LogP contribution in [0, 0.1) is 19.7 Å². The molecule has 0 unspecified atom stereocenters. The van der Waals surface area contributed by atoms with E-state index in [2.05, 4.69) is 4.98 Å². The third-order valence-electron chi connectivity index (χ3n) is 2.69. The summed E-state index contributed by atoms with van der Waals surface area (Å²) < 4.78 is 19.3. The van der Waals surface area contributed by atoms with Gasteiger partial charge in [0.25, 0.3) is 5.22 Å². The fourth-order valence-corrected chi connectivity index (χ4v) is 2.29. The molecule has 0 radical (unpaired) electrons. The van der Waals surface area contributed by atoms with Gasteiger partial charge < -0.3 is 10.2 Å². The molecule has 0 aliphatic heterocycles. The quantitative estimate of drug-likeness (QED) is 0.922. The Labute approximate surface area is 110 Å². The summed E-state index contributed by atoms with van der Waals surface area (Å²) in [6, 6.07) is 4.80. The van der Waals surface area contributed by atoms with Gasteiger partial charge >= 0.3 is 0 Å². The Hall–Kier alpha value is -1.33. The van der Waals surface area contributed by atoms with Crippen molar-refractivity contribution in [2.24, 2.45) is 5.73 Å². The zero-order valence-electron chi connectivity index (χ0n) is 10.5. The summed E-state index contributed by atoms with van der Waals surface area (Å²) in [5, 5.41) is 0.456. The normalized spacial score (nSPS) is 12.7. The second kappa shape index (κ2) is 5.12. The van der Waals surface area contributed by atoms with E-state index in [0.717, 1.165) is 17.0 Å². The fraction of sp³-hybridized carbons (Fsp3) is 0.308. The van der Waals surface area contributed by atoms with Crippen molar-refractivity contribution >= 4 is 11.8 Å². The topological polar surface area (TPSA) is 52.0 Å². The lowest BCUT2D eigenvalue weighted by Crippen LogP contribution is -2.05. The number of nitrogens with zero attached hydrogens (tertiary/aromatic N) is 1. The third kappa shape index (κ3) is 2.73. The highest BCUT2D eigenvalue weighted by molar-refractivity contribution is 7.99. The van der Waals surface area contributed by atoms with E-state index >= 15 is 0 Å². The van der Waals surface area contributed by atoms with Crippen LogP contribution < -0.4 is 5.73 Å². The lowest BCUT2D eigenvalue weighted by molar-refractivity contribution is 0.430. The van der Waals surface area contributed by atoms with Gasteiger partial charge in [-0.15, -0.1) is 0 Å². The van der Waals surface area contributed by atoms with Gasteiger partial charge in [0.1, 0.15) is 11.6 Å². The third-order valence-corrected chi connectivity index (χ3v) is 3.59. The molecule has 2 aromatic rings. The van der Waals surface area contributed by atoms with Gasteiger partial charge in [-0.3, -0.25) is 0 Å². The Bertz CT molecular complexity index is 547. The molecule has 1 aromatic carbocycles. The highest BCUT2D eigenvalue weighted by atomic mass is 32.2. The van der Waals surface area contributed by atoms with Gasteiger partial charge in [-0.05, 0) is 50.2 Å². The van der Waals surface area contributed by atoms with Crippen LogP contribution in [0.1, 0.15) is 30.0 Å². The Morgan fingerprint density at radius 3 is 2.61 bits per heavy atom. The van der Waals surface area contributed by atoms with Gasteiger partial charge in [-0.25, -0.2) is 9.37 Å². The molecule has 0 amide bonds. The van der Waals surface area contributed by atoms with Crippen LogP contribution in [0.5, 0.6) is 0 Å². The van der Waals surface area contributed by atoms with Crippen LogP contribution in [0.4, 0.5) is 4.39 Å². The molecule has 96 valence electrons. The second-order valence-corrected chi connectivity index (χ2v) is 5.20. The Balaban J connectivity index is 2.24. The maximum Gasteiger partial charge on any atom is 0.261 e. The molecule has 3 nitrogen and oxygen atoms in total. The number of benzene rings is 1. The van der Waals surface area contributed by atoms with E-state index in [1.54, 1.807) is 6.07 Å². The minimum absolute atomic E-state index is 0.176. The lowest BCUT2D eigenvalue weighted by atomic mass is 10.1. The van der Waals surface area contributed by atoms with Gasteiger partial charge in [0.15, 0.2) is 0 Å². The molecule has 0 saturated carbocycles. The number of rotatable bonds is 3. The summed E-state index contributed by atoms with van der Waals surface area (Å²) in [6.07, 6.45) is 0. The van der Waals surface area contributed by atoms with Crippen molar-refractivity contribution in [3.8, 4) is 0 Å². The monoisotopic (exact) mass is 266 g/mol. The molecule has 18 heavy (non-hydrogen) atoms. The first-order valence-electron chi connectivity index (χ1n) is 5.64. The van der Waals surface area contributed by atoms with Crippen LogP contribution in [-0.2, 0) is 0 Å².